The summed E-state index contributed by atoms with van der Waals surface area (Å²) in [6.45, 7) is 3.71. The lowest BCUT2D eigenvalue weighted by atomic mass is 9.93. The van der Waals surface area contributed by atoms with Crippen LogP contribution in [-0.4, -0.2) is 36.2 Å². The molecule has 39 heavy (non-hydrogen) atoms. The fourth-order valence-corrected chi connectivity index (χ4v) is 5.12. The Balaban J connectivity index is 1.40. The monoisotopic (exact) mass is 537 g/mol. The molecule has 0 amide bonds. The van der Waals surface area contributed by atoms with E-state index in [1.807, 2.05) is 24.3 Å². The van der Waals surface area contributed by atoms with E-state index < -0.39 is 17.4 Å². The number of phenolic OH excluding ortho intramolecular Hbond substituents is 1. The Labute approximate surface area is 224 Å². The average Bonchev–Trinajstić information content (AvgIpc) is 3.18. The third-order valence-electron chi connectivity index (χ3n) is 7.18. The van der Waals surface area contributed by atoms with E-state index >= 15 is 0 Å². The minimum absolute atomic E-state index is 0.0550. The largest absolute Gasteiger partial charge is 0.508 e. The van der Waals surface area contributed by atoms with Crippen LogP contribution in [0.5, 0.6) is 11.5 Å². The maximum Gasteiger partial charge on any atom is 0.416 e. The minimum atomic E-state index is -4.48. The number of rotatable bonds is 7. The topological polar surface area (TPSA) is 62.9 Å². The van der Waals surface area contributed by atoms with Gasteiger partial charge in [0.05, 0.1) is 11.1 Å². The lowest BCUT2D eigenvalue weighted by molar-refractivity contribution is -0.137. The standard InChI is InChI=1S/C31H30F3NO4/c32-31(33,34)23-9-7-22(8-10-23)29-27(26-14-11-24(36)20-28(26)39-30(29)37)19-21-5-12-25(13-6-21)38-18-17-35-15-3-1-2-4-16-35/h5-14,20,36H,1-4,15-19H2. The number of hydrogen-bond donors (Lipinski definition) is 1. The molecule has 5 rings (SSSR count). The quantitative estimate of drug-likeness (QED) is 0.257. The van der Waals surface area contributed by atoms with Gasteiger partial charge >= 0.3 is 11.8 Å². The van der Waals surface area contributed by atoms with Crippen LogP contribution in [0.4, 0.5) is 13.2 Å². The zero-order valence-electron chi connectivity index (χ0n) is 21.5. The highest BCUT2D eigenvalue weighted by molar-refractivity contribution is 5.88. The molecule has 0 saturated carbocycles. The second-order valence-corrected chi connectivity index (χ2v) is 9.92. The second-order valence-electron chi connectivity index (χ2n) is 9.92. The van der Waals surface area contributed by atoms with E-state index in [-0.39, 0.29) is 16.9 Å². The predicted octanol–water partition coefficient (Wildman–Crippen LogP) is 7.03. The van der Waals surface area contributed by atoms with Gasteiger partial charge in [0, 0.05) is 18.0 Å². The molecular formula is C31H30F3NO4. The van der Waals surface area contributed by atoms with Gasteiger partial charge in [-0.1, -0.05) is 37.1 Å². The van der Waals surface area contributed by atoms with Crippen molar-refractivity contribution in [2.75, 3.05) is 26.2 Å². The molecule has 0 aliphatic carbocycles. The van der Waals surface area contributed by atoms with Crippen LogP contribution in [0, 0.1) is 0 Å². The van der Waals surface area contributed by atoms with Gasteiger partial charge in [0.2, 0.25) is 0 Å². The molecule has 3 aromatic carbocycles. The molecule has 5 nitrogen and oxygen atoms in total. The summed E-state index contributed by atoms with van der Waals surface area (Å²) in [5.74, 6) is 0.694. The van der Waals surface area contributed by atoms with Gasteiger partial charge in [0.1, 0.15) is 23.7 Å². The summed E-state index contributed by atoms with van der Waals surface area (Å²) in [6, 6.07) is 16.6. The molecule has 0 bridgehead atoms. The Morgan fingerprint density at radius 3 is 2.26 bits per heavy atom. The van der Waals surface area contributed by atoms with Crippen LogP contribution in [0.15, 0.2) is 75.9 Å². The third kappa shape index (κ3) is 6.45. The van der Waals surface area contributed by atoms with Crippen LogP contribution in [0.25, 0.3) is 22.1 Å². The fraction of sp³-hybridized carbons (Fsp3) is 0.323. The average molecular weight is 538 g/mol. The highest BCUT2D eigenvalue weighted by atomic mass is 19.4. The first-order chi connectivity index (χ1) is 18.8. The van der Waals surface area contributed by atoms with E-state index in [0.29, 0.717) is 29.5 Å². The predicted molar refractivity (Wildman–Crippen MR) is 144 cm³/mol. The van der Waals surface area contributed by atoms with Gasteiger partial charge in [-0.3, -0.25) is 4.90 Å². The zero-order valence-corrected chi connectivity index (χ0v) is 21.5. The molecule has 0 radical (unpaired) electrons. The maximum atomic E-state index is 13.1. The Morgan fingerprint density at radius 1 is 0.897 bits per heavy atom. The summed E-state index contributed by atoms with van der Waals surface area (Å²) in [5.41, 5.74) is 0.749. The molecule has 2 heterocycles. The number of likely N-dealkylation sites (tertiary alicyclic amines) is 1. The van der Waals surface area contributed by atoms with Crippen LogP contribution in [0.1, 0.15) is 42.4 Å². The number of nitrogens with zero attached hydrogens (tertiary/aromatic N) is 1. The fourth-order valence-electron chi connectivity index (χ4n) is 5.12. The molecule has 1 aromatic heterocycles. The molecule has 1 aliphatic heterocycles. The molecule has 4 aromatic rings. The number of fused-ring (bicyclic) bond motifs is 1. The van der Waals surface area contributed by atoms with Crippen molar-refractivity contribution >= 4 is 11.0 Å². The van der Waals surface area contributed by atoms with Crippen molar-refractivity contribution in [2.45, 2.75) is 38.3 Å². The molecule has 1 aliphatic rings. The Morgan fingerprint density at radius 2 is 1.59 bits per heavy atom. The van der Waals surface area contributed by atoms with Crippen LogP contribution in [0.2, 0.25) is 0 Å². The SMILES string of the molecule is O=c1oc2cc(O)ccc2c(Cc2ccc(OCCN3CCCCCC3)cc2)c1-c1ccc(C(F)(F)F)cc1. The van der Waals surface area contributed by atoms with Gasteiger partial charge < -0.3 is 14.3 Å². The number of hydrogen-bond acceptors (Lipinski definition) is 5. The van der Waals surface area contributed by atoms with E-state index in [2.05, 4.69) is 4.90 Å². The van der Waals surface area contributed by atoms with Gasteiger partial charge in [0.15, 0.2) is 0 Å². The molecule has 1 fully saturated rings. The number of aromatic hydroxyl groups is 1. The Kier molecular flexibility index (Phi) is 7.93. The van der Waals surface area contributed by atoms with E-state index in [1.54, 1.807) is 6.07 Å². The van der Waals surface area contributed by atoms with Crippen molar-refractivity contribution < 1.29 is 27.4 Å². The Bertz CT molecular complexity index is 1470. The van der Waals surface area contributed by atoms with E-state index in [4.69, 9.17) is 9.15 Å². The van der Waals surface area contributed by atoms with Crippen LogP contribution < -0.4 is 10.4 Å². The lowest BCUT2D eigenvalue weighted by Crippen LogP contribution is -2.29. The van der Waals surface area contributed by atoms with Crippen LogP contribution >= 0.6 is 0 Å². The second kappa shape index (κ2) is 11.5. The molecule has 0 spiro atoms. The van der Waals surface area contributed by atoms with Gasteiger partial charge in [-0.2, -0.15) is 13.2 Å². The molecule has 0 unspecified atom stereocenters. The third-order valence-corrected chi connectivity index (χ3v) is 7.18. The van der Waals surface area contributed by atoms with Gasteiger partial charge in [-0.15, -0.1) is 0 Å². The van der Waals surface area contributed by atoms with Crippen LogP contribution in [-0.2, 0) is 12.6 Å². The van der Waals surface area contributed by atoms with Crippen molar-refractivity contribution in [3.8, 4) is 22.6 Å². The first-order valence-corrected chi connectivity index (χ1v) is 13.2. The summed E-state index contributed by atoms with van der Waals surface area (Å²) < 4.78 is 50.8. The van der Waals surface area contributed by atoms with E-state index in [9.17, 15) is 23.1 Å². The highest BCUT2D eigenvalue weighted by Gasteiger charge is 2.30. The first kappa shape index (κ1) is 26.8. The van der Waals surface area contributed by atoms with Crippen molar-refractivity contribution in [2.24, 2.45) is 0 Å². The van der Waals surface area contributed by atoms with Gasteiger partial charge in [-0.25, -0.2) is 4.79 Å². The number of halogens is 3. The molecule has 204 valence electrons. The van der Waals surface area contributed by atoms with Gasteiger partial charge in [0.25, 0.3) is 0 Å². The number of alkyl halides is 3. The first-order valence-electron chi connectivity index (χ1n) is 13.2. The number of benzene rings is 3. The summed E-state index contributed by atoms with van der Waals surface area (Å²) in [7, 11) is 0. The highest BCUT2D eigenvalue weighted by Crippen LogP contribution is 2.34. The molecule has 0 atom stereocenters. The summed E-state index contributed by atoms with van der Waals surface area (Å²) in [6.07, 6.45) is 0.893. The van der Waals surface area contributed by atoms with E-state index in [0.717, 1.165) is 43.1 Å². The number of ether oxygens (including phenoxy) is 1. The molecule has 8 heteroatoms. The van der Waals surface area contributed by atoms with Crippen molar-refractivity contribution in [3.05, 3.63) is 93.8 Å². The van der Waals surface area contributed by atoms with Crippen molar-refractivity contribution in [3.63, 3.8) is 0 Å². The van der Waals surface area contributed by atoms with Crippen molar-refractivity contribution in [1.29, 1.82) is 0 Å². The lowest BCUT2D eigenvalue weighted by Gasteiger charge is -2.19. The van der Waals surface area contributed by atoms with Crippen molar-refractivity contribution in [1.82, 2.24) is 4.90 Å². The maximum absolute atomic E-state index is 13.1. The molecule has 1 N–H and O–H groups in total. The summed E-state index contributed by atoms with van der Waals surface area (Å²) >= 11 is 0. The summed E-state index contributed by atoms with van der Waals surface area (Å²) in [4.78, 5) is 15.5. The van der Waals surface area contributed by atoms with E-state index in [1.165, 1.54) is 49.9 Å². The molecule has 1 saturated heterocycles. The normalized spacial score (nSPS) is 14.8. The van der Waals surface area contributed by atoms with Crippen LogP contribution in [0.3, 0.4) is 0 Å². The number of phenols is 1. The smallest absolute Gasteiger partial charge is 0.416 e. The summed E-state index contributed by atoms with van der Waals surface area (Å²) in [5, 5.41) is 10.5. The zero-order chi connectivity index (χ0) is 27.4. The Hall–Kier alpha value is -3.78. The molecular weight excluding hydrogens is 507 g/mol. The minimum Gasteiger partial charge on any atom is -0.508 e. The van der Waals surface area contributed by atoms with Gasteiger partial charge in [-0.05, 0) is 85.4 Å².